The third kappa shape index (κ3) is 4.93. The lowest BCUT2D eigenvalue weighted by Gasteiger charge is -2.11. The van der Waals surface area contributed by atoms with E-state index < -0.39 is 5.97 Å². The number of benzene rings is 3. The van der Waals surface area contributed by atoms with Crippen LogP contribution in [0, 0.1) is 5.82 Å². The lowest BCUT2D eigenvalue weighted by Crippen LogP contribution is -2.05. The molecular weight excluding hydrogens is 456 g/mol. The average molecular weight is 472 g/mol. The molecule has 0 N–H and O–H groups in total. The van der Waals surface area contributed by atoms with Crippen LogP contribution in [0.2, 0.25) is 10.0 Å². The van der Waals surface area contributed by atoms with E-state index in [9.17, 15) is 9.18 Å². The first kappa shape index (κ1) is 21.9. The summed E-state index contributed by atoms with van der Waals surface area (Å²) in [6.07, 6.45) is 1.58. The maximum atomic E-state index is 13.0. The molecule has 0 aliphatic carbocycles. The fraction of sp³-hybridized carbons (Fsp3) is 0.0833. The standard InChI is InChI=1S/C24H16Cl2FNO4/c1-30-22-11-15(4-9-21(22)31-13-14-2-6-17(27)7-3-14)10-20-24(29)32-23(28-20)16-5-8-18(25)19(26)12-16/h2-12H,13H2,1H3/b20-10-. The van der Waals surface area contributed by atoms with E-state index in [4.69, 9.17) is 37.4 Å². The molecule has 0 atom stereocenters. The van der Waals surface area contributed by atoms with Crippen LogP contribution in [-0.2, 0) is 16.1 Å². The molecule has 0 unspecified atom stereocenters. The summed E-state index contributed by atoms with van der Waals surface area (Å²) in [5, 5.41) is 0.728. The molecule has 32 heavy (non-hydrogen) atoms. The van der Waals surface area contributed by atoms with Crippen molar-refractivity contribution in [1.29, 1.82) is 0 Å². The van der Waals surface area contributed by atoms with Crippen LogP contribution in [0.25, 0.3) is 6.08 Å². The number of ether oxygens (including phenoxy) is 3. The zero-order valence-electron chi connectivity index (χ0n) is 16.8. The molecule has 0 radical (unpaired) electrons. The minimum atomic E-state index is -0.582. The van der Waals surface area contributed by atoms with Gasteiger partial charge in [-0.3, -0.25) is 0 Å². The summed E-state index contributed by atoms with van der Waals surface area (Å²) < 4.78 is 29.5. The van der Waals surface area contributed by atoms with Crippen molar-refractivity contribution in [1.82, 2.24) is 0 Å². The number of rotatable bonds is 6. The molecule has 1 aliphatic heterocycles. The first-order chi connectivity index (χ1) is 15.4. The van der Waals surface area contributed by atoms with Gasteiger partial charge in [0.25, 0.3) is 0 Å². The van der Waals surface area contributed by atoms with Crippen molar-refractivity contribution in [2.45, 2.75) is 6.61 Å². The van der Waals surface area contributed by atoms with Gasteiger partial charge in [0.1, 0.15) is 12.4 Å². The van der Waals surface area contributed by atoms with Gasteiger partial charge in [-0.05, 0) is 59.7 Å². The Bertz CT molecular complexity index is 1240. The lowest BCUT2D eigenvalue weighted by molar-refractivity contribution is -0.129. The molecule has 1 heterocycles. The highest BCUT2D eigenvalue weighted by atomic mass is 35.5. The summed E-state index contributed by atoms with van der Waals surface area (Å²) in [6.45, 7) is 0.251. The Balaban J connectivity index is 1.54. The number of nitrogens with zero attached hydrogens (tertiary/aromatic N) is 1. The predicted octanol–water partition coefficient (Wildman–Crippen LogP) is 6.06. The Labute approximate surface area is 193 Å². The second-order valence-corrected chi connectivity index (χ2v) is 7.60. The van der Waals surface area contributed by atoms with Gasteiger partial charge in [0, 0.05) is 5.56 Å². The Morgan fingerprint density at radius 3 is 2.50 bits per heavy atom. The Kier molecular flexibility index (Phi) is 6.44. The van der Waals surface area contributed by atoms with Gasteiger partial charge in [-0.25, -0.2) is 14.2 Å². The molecule has 0 aromatic heterocycles. The van der Waals surface area contributed by atoms with Crippen LogP contribution in [-0.4, -0.2) is 19.0 Å². The molecule has 0 bridgehead atoms. The highest BCUT2D eigenvalue weighted by molar-refractivity contribution is 6.42. The van der Waals surface area contributed by atoms with Gasteiger partial charge in [-0.15, -0.1) is 0 Å². The number of hydrogen-bond donors (Lipinski definition) is 0. The van der Waals surface area contributed by atoms with Crippen molar-refractivity contribution in [2.75, 3.05) is 7.11 Å². The van der Waals surface area contributed by atoms with E-state index in [1.807, 2.05) is 0 Å². The summed E-state index contributed by atoms with van der Waals surface area (Å²) >= 11 is 12.0. The number of cyclic esters (lactones) is 1. The molecule has 1 aliphatic rings. The number of methoxy groups -OCH3 is 1. The third-order valence-corrected chi connectivity index (χ3v) is 5.32. The molecule has 0 amide bonds. The van der Waals surface area contributed by atoms with Gasteiger partial charge >= 0.3 is 5.97 Å². The van der Waals surface area contributed by atoms with Crippen LogP contribution in [0.4, 0.5) is 4.39 Å². The number of carbonyl (C=O) groups is 1. The summed E-state index contributed by atoms with van der Waals surface area (Å²) in [5.41, 5.74) is 2.16. The molecule has 162 valence electrons. The molecule has 5 nitrogen and oxygen atoms in total. The van der Waals surface area contributed by atoms with Crippen LogP contribution in [0.5, 0.6) is 11.5 Å². The maximum absolute atomic E-state index is 13.0. The highest BCUT2D eigenvalue weighted by Crippen LogP contribution is 2.31. The number of aliphatic imine (C=N–C) groups is 1. The fourth-order valence-corrected chi connectivity index (χ4v) is 3.25. The second kappa shape index (κ2) is 9.42. The van der Waals surface area contributed by atoms with Crippen LogP contribution in [0.15, 0.2) is 71.4 Å². The monoisotopic (exact) mass is 471 g/mol. The van der Waals surface area contributed by atoms with Crippen molar-refractivity contribution in [3.05, 3.63) is 98.9 Å². The molecule has 3 aromatic carbocycles. The van der Waals surface area contributed by atoms with Gasteiger partial charge in [0.05, 0.1) is 17.2 Å². The molecule has 0 fully saturated rings. The van der Waals surface area contributed by atoms with E-state index in [-0.39, 0.29) is 24.0 Å². The zero-order valence-corrected chi connectivity index (χ0v) is 18.3. The van der Waals surface area contributed by atoms with E-state index >= 15 is 0 Å². The molecule has 0 saturated heterocycles. The molecule has 4 rings (SSSR count). The number of halogens is 3. The fourth-order valence-electron chi connectivity index (χ4n) is 2.95. The van der Waals surface area contributed by atoms with Gasteiger partial charge in [0.15, 0.2) is 17.2 Å². The van der Waals surface area contributed by atoms with Gasteiger partial charge in [-0.1, -0.05) is 41.4 Å². The normalized spacial score (nSPS) is 14.3. The second-order valence-electron chi connectivity index (χ2n) is 6.79. The summed E-state index contributed by atoms with van der Waals surface area (Å²) in [4.78, 5) is 16.5. The van der Waals surface area contributed by atoms with Gasteiger partial charge < -0.3 is 14.2 Å². The molecular formula is C24H16Cl2FNO4. The van der Waals surface area contributed by atoms with E-state index in [0.717, 1.165) is 5.56 Å². The number of carbonyl (C=O) groups excluding carboxylic acids is 1. The number of hydrogen-bond acceptors (Lipinski definition) is 5. The Morgan fingerprint density at radius 1 is 1.00 bits per heavy atom. The largest absolute Gasteiger partial charge is 0.493 e. The van der Waals surface area contributed by atoms with Crippen molar-refractivity contribution in [3.63, 3.8) is 0 Å². The average Bonchev–Trinajstić information content (AvgIpc) is 3.15. The Morgan fingerprint density at radius 2 is 1.78 bits per heavy atom. The van der Waals surface area contributed by atoms with E-state index in [2.05, 4.69) is 4.99 Å². The predicted molar refractivity (Wildman–Crippen MR) is 121 cm³/mol. The molecule has 3 aromatic rings. The molecule has 0 spiro atoms. The van der Waals surface area contributed by atoms with Gasteiger partial charge in [0.2, 0.25) is 5.90 Å². The van der Waals surface area contributed by atoms with Crippen LogP contribution in [0.3, 0.4) is 0 Å². The summed E-state index contributed by atoms with van der Waals surface area (Å²) in [6, 6.07) is 16.1. The highest BCUT2D eigenvalue weighted by Gasteiger charge is 2.24. The van der Waals surface area contributed by atoms with Gasteiger partial charge in [-0.2, -0.15) is 0 Å². The quantitative estimate of drug-likeness (QED) is 0.323. The Hall–Kier alpha value is -3.35. The van der Waals surface area contributed by atoms with Crippen molar-refractivity contribution >= 4 is 41.1 Å². The van der Waals surface area contributed by atoms with Crippen molar-refractivity contribution < 1.29 is 23.4 Å². The molecule has 8 heteroatoms. The summed E-state index contributed by atoms with van der Waals surface area (Å²) in [5.74, 6) is 0.237. The van der Waals surface area contributed by atoms with Crippen molar-refractivity contribution in [2.24, 2.45) is 4.99 Å². The first-order valence-electron chi connectivity index (χ1n) is 9.46. The zero-order chi connectivity index (χ0) is 22.7. The van der Waals surface area contributed by atoms with Crippen LogP contribution < -0.4 is 9.47 Å². The van der Waals surface area contributed by atoms with E-state index in [1.54, 1.807) is 54.6 Å². The van der Waals surface area contributed by atoms with Crippen LogP contribution in [0.1, 0.15) is 16.7 Å². The van der Waals surface area contributed by atoms with Crippen molar-refractivity contribution in [3.8, 4) is 11.5 Å². The smallest absolute Gasteiger partial charge is 0.363 e. The third-order valence-electron chi connectivity index (χ3n) is 4.59. The van der Waals surface area contributed by atoms with Crippen LogP contribution >= 0.6 is 23.2 Å². The SMILES string of the molecule is COc1cc(/C=C2\N=C(c3ccc(Cl)c(Cl)c3)OC2=O)ccc1OCc1ccc(F)cc1. The van der Waals surface area contributed by atoms with E-state index in [1.165, 1.54) is 19.2 Å². The topological polar surface area (TPSA) is 57.1 Å². The minimum Gasteiger partial charge on any atom is -0.493 e. The lowest BCUT2D eigenvalue weighted by atomic mass is 10.1. The maximum Gasteiger partial charge on any atom is 0.363 e. The summed E-state index contributed by atoms with van der Waals surface area (Å²) in [7, 11) is 1.52. The minimum absolute atomic E-state index is 0.133. The van der Waals surface area contributed by atoms with E-state index in [0.29, 0.717) is 32.7 Å². The molecule has 0 saturated carbocycles. The first-order valence-corrected chi connectivity index (χ1v) is 10.2. The number of esters is 1.